The second-order valence-electron chi connectivity index (χ2n) is 2.31. The number of nitrogens with one attached hydrogen (secondary N) is 1. The van der Waals surface area contributed by atoms with Crippen LogP contribution in [0.1, 0.15) is 0 Å². The molecule has 1 aromatic heterocycles. The average Bonchev–Trinajstić information content (AvgIpc) is 2.06. The number of rotatable bonds is 3. The minimum absolute atomic E-state index is 0.164. The van der Waals surface area contributed by atoms with Crippen LogP contribution in [0.15, 0.2) is 17.3 Å². The van der Waals surface area contributed by atoms with Gasteiger partial charge in [0.2, 0.25) is 5.28 Å². The third-order valence-corrected chi connectivity index (χ3v) is 1.70. The van der Waals surface area contributed by atoms with Crippen LogP contribution >= 0.6 is 27.5 Å². The third kappa shape index (κ3) is 3.20. The monoisotopic (exact) mass is 262 g/mol. The predicted molar refractivity (Wildman–Crippen MR) is 58.0 cm³/mol. The molecule has 13 heavy (non-hydrogen) atoms. The van der Waals surface area contributed by atoms with Crippen molar-refractivity contribution in [3.8, 4) is 0 Å². The lowest BCUT2D eigenvalue weighted by Crippen LogP contribution is -2.06. The standard InChI is InChI=1S/C7H8BrClN4/c1-4(8)2-11-6-5(10)3-12-7(9)13-6/h3H,1-2,10H2,(H,11,12,13). The first-order chi connectivity index (χ1) is 6.09. The zero-order valence-electron chi connectivity index (χ0n) is 6.72. The normalized spacial score (nSPS) is 9.69. The number of anilines is 2. The molecule has 0 aliphatic carbocycles. The molecule has 0 saturated heterocycles. The molecule has 0 bridgehead atoms. The molecule has 0 aliphatic rings. The van der Waals surface area contributed by atoms with Crippen LogP contribution in [0, 0.1) is 0 Å². The van der Waals surface area contributed by atoms with Crippen molar-refractivity contribution >= 4 is 39.0 Å². The SMILES string of the molecule is C=C(Br)CNc1nc(Cl)ncc1N. The maximum absolute atomic E-state index is 5.58. The molecule has 0 amide bonds. The molecule has 0 fully saturated rings. The minimum Gasteiger partial charge on any atom is -0.394 e. The largest absolute Gasteiger partial charge is 0.394 e. The lowest BCUT2D eigenvalue weighted by atomic mass is 10.5. The molecule has 3 N–H and O–H groups in total. The molecule has 6 heteroatoms. The summed E-state index contributed by atoms with van der Waals surface area (Å²) in [6.07, 6.45) is 1.45. The number of nitrogen functional groups attached to an aromatic ring is 1. The Bertz CT molecular complexity index is 328. The van der Waals surface area contributed by atoms with Crippen molar-refractivity contribution < 1.29 is 0 Å². The third-order valence-electron chi connectivity index (χ3n) is 1.24. The molecule has 0 aliphatic heterocycles. The second-order valence-corrected chi connectivity index (χ2v) is 3.77. The molecule has 0 saturated carbocycles. The summed E-state index contributed by atoms with van der Waals surface area (Å²) in [5.41, 5.74) is 6.04. The fraction of sp³-hybridized carbons (Fsp3) is 0.143. The van der Waals surface area contributed by atoms with Gasteiger partial charge in [-0.05, 0) is 11.6 Å². The molecule has 0 atom stereocenters. The Morgan fingerprint density at radius 3 is 3.08 bits per heavy atom. The van der Waals surface area contributed by atoms with Gasteiger partial charge in [-0.2, -0.15) is 4.98 Å². The number of nitrogens with zero attached hydrogens (tertiary/aromatic N) is 2. The maximum Gasteiger partial charge on any atom is 0.224 e. The lowest BCUT2D eigenvalue weighted by Gasteiger charge is -2.06. The zero-order chi connectivity index (χ0) is 9.84. The fourth-order valence-electron chi connectivity index (χ4n) is 0.691. The minimum atomic E-state index is 0.164. The van der Waals surface area contributed by atoms with E-state index in [1.807, 2.05) is 0 Å². The van der Waals surface area contributed by atoms with Crippen LogP contribution in [0.5, 0.6) is 0 Å². The van der Waals surface area contributed by atoms with E-state index < -0.39 is 0 Å². The van der Waals surface area contributed by atoms with Gasteiger partial charge in [-0.25, -0.2) is 4.98 Å². The van der Waals surface area contributed by atoms with E-state index in [4.69, 9.17) is 17.3 Å². The van der Waals surface area contributed by atoms with E-state index in [9.17, 15) is 0 Å². The van der Waals surface area contributed by atoms with Gasteiger partial charge in [0.25, 0.3) is 0 Å². The summed E-state index contributed by atoms with van der Waals surface area (Å²) in [7, 11) is 0. The highest BCUT2D eigenvalue weighted by Crippen LogP contribution is 2.16. The first-order valence-corrected chi connectivity index (χ1v) is 4.62. The van der Waals surface area contributed by atoms with Crippen LogP contribution < -0.4 is 11.1 Å². The van der Waals surface area contributed by atoms with Crippen LogP contribution in [0.4, 0.5) is 11.5 Å². The van der Waals surface area contributed by atoms with Crippen molar-refractivity contribution in [3.05, 3.63) is 22.5 Å². The van der Waals surface area contributed by atoms with Crippen LogP contribution in [0.25, 0.3) is 0 Å². The maximum atomic E-state index is 5.58. The molecular weight excluding hydrogens is 255 g/mol. The fourth-order valence-corrected chi connectivity index (χ4v) is 0.964. The van der Waals surface area contributed by atoms with Crippen LogP contribution in [0.2, 0.25) is 5.28 Å². The van der Waals surface area contributed by atoms with Crippen molar-refractivity contribution in [2.45, 2.75) is 0 Å². The number of hydrogen-bond donors (Lipinski definition) is 2. The van der Waals surface area contributed by atoms with Crippen LogP contribution in [-0.2, 0) is 0 Å². The Hall–Kier alpha value is -0.810. The summed E-state index contributed by atoms with van der Waals surface area (Å²) in [6, 6.07) is 0. The summed E-state index contributed by atoms with van der Waals surface area (Å²) >= 11 is 8.78. The molecule has 70 valence electrons. The summed E-state index contributed by atoms with van der Waals surface area (Å²) in [5.74, 6) is 0.514. The van der Waals surface area contributed by atoms with Gasteiger partial charge in [0.05, 0.1) is 11.9 Å². The average molecular weight is 264 g/mol. The van der Waals surface area contributed by atoms with E-state index in [-0.39, 0.29) is 5.28 Å². The summed E-state index contributed by atoms with van der Waals surface area (Å²) in [4.78, 5) is 7.62. The van der Waals surface area contributed by atoms with E-state index in [1.165, 1.54) is 6.20 Å². The molecule has 1 rings (SSSR count). The Morgan fingerprint density at radius 1 is 1.77 bits per heavy atom. The van der Waals surface area contributed by atoms with Crippen LogP contribution in [-0.4, -0.2) is 16.5 Å². The highest BCUT2D eigenvalue weighted by molar-refractivity contribution is 9.11. The van der Waals surface area contributed by atoms with E-state index in [2.05, 4.69) is 37.8 Å². The van der Waals surface area contributed by atoms with Crippen molar-refractivity contribution in [2.75, 3.05) is 17.6 Å². The van der Waals surface area contributed by atoms with Gasteiger partial charge in [0.15, 0.2) is 5.82 Å². The van der Waals surface area contributed by atoms with Crippen molar-refractivity contribution in [3.63, 3.8) is 0 Å². The first kappa shape index (κ1) is 10.3. The number of halogens is 2. The van der Waals surface area contributed by atoms with Gasteiger partial charge in [0.1, 0.15) is 0 Å². The zero-order valence-corrected chi connectivity index (χ0v) is 9.06. The molecule has 0 radical (unpaired) electrons. The van der Waals surface area contributed by atoms with Crippen LogP contribution in [0.3, 0.4) is 0 Å². The molecule has 1 aromatic rings. The van der Waals surface area contributed by atoms with E-state index >= 15 is 0 Å². The van der Waals surface area contributed by atoms with Gasteiger partial charge in [-0.1, -0.05) is 22.5 Å². The number of nitrogens with two attached hydrogens (primary N) is 1. The van der Waals surface area contributed by atoms with Crippen molar-refractivity contribution in [1.82, 2.24) is 9.97 Å². The molecular formula is C7H8BrClN4. The Labute approximate surface area is 89.3 Å². The highest BCUT2D eigenvalue weighted by Gasteiger charge is 2.01. The molecule has 1 heterocycles. The Balaban J connectivity index is 2.75. The molecule has 0 aromatic carbocycles. The van der Waals surface area contributed by atoms with Gasteiger partial charge in [-0.15, -0.1) is 0 Å². The van der Waals surface area contributed by atoms with Gasteiger partial charge in [-0.3, -0.25) is 0 Å². The molecule has 0 spiro atoms. The lowest BCUT2D eigenvalue weighted by molar-refractivity contribution is 1.14. The second kappa shape index (κ2) is 4.43. The summed E-state index contributed by atoms with van der Waals surface area (Å²) in [5, 5.41) is 3.11. The smallest absolute Gasteiger partial charge is 0.224 e. The highest BCUT2D eigenvalue weighted by atomic mass is 79.9. The van der Waals surface area contributed by atoms with Gasteiger partial charge >= 0.3 is 0 Å². The topological polar surface area (TPSA) is 63.8 Å². The van der Waals surface area contributed by atoms with Gasteiger partial charge < -0.3 is 11.1 Å². The summed E-state index contributed by atoms with van der Waals surface area (Å²) in [6.45, 7) is 4.20. The number of hydrogen-bond acceptors (Lipinski definition) is 4. The molecule has 4 nitrogen and oxygen atoms in total. The van der Waals surface area contributed by atoms with E-state index in [0.717, 1.165) is 4.48 Å². The Morgan fingerprint density at radius 2 is 2.46 bits per heavy atom. The summed E-state index contributed by atoms with van der Waals surface area (Å²) < 4.78 is 0.807. The van der Waals surface area contributed by atoms with Crippen molar-refractivity contribution in [1.29, 1.82) is 0 Å². The van der Waals surface area contributed by atoms with Crippen molar-refractivity contribution in [2.24, 2.45) is 0 Å². The quantitative estimate of drug-likeness (QED) is 0.819. The van der Waals surface area contributed by atoms with E-state index in [0.29, 0.717) is 18.1 Å². The number of aromatic nitrogens is 2. The first-order valence-electron chi connectivity index (χ1n) is 3.44. The van der Waals surface area contributed by atoms with E-state index in [1.54, 1.807) is 0 Å². The Kier molecular flexibility index (Phi) is 3.50. The van der Waals surface area contributed by atoms with Gasteiger partial charge in [0, 0.05) is 11.0 Å². The molecule has 0 unspecified atom stereocenters. The predicted octanol–water partition coefficient (Wildman–Crippen LogP) is 2.03.